The highest BCUT2D eigenvalue weighted by Gasteiger charge is 2.15. The maximum Gasteiger partial charge on any atom is 0.261 e. The molecule has 0 unspecified atom stereocenters. The molecule has 0 fully saturated rings. The number of nitriles is 1. The molecule has 3 rings (SSSR count). The fraction of sp³-hybridized carbons (Fsp3) is 0.214. The molecule has 0 atom stereocenters. The van der Waals surface area contributed by atoms with Gasteiger partial charge in [0.2, 0.25) is 0 Å². The molecule has 0 aliphatic carbocycles. The Morgan fingerprint density at radius 3 is 2.51 bits per heavy atom. The predicted octanol–water partition coefficient (Wildman–Crippen LogP) is 6.74. The van der Waals surface area contributed by atoms with E-state index in [9.17, 15) is 10.1 Å². The van der Waals surface area contributed by atoms with Gasteiger partial charge in [0.1, 0.15) is 18.2 Å². The van der Waals surface area contributed by atoms with E-state index in [-0.39, 0.29) is 5.57 Å². The molecule has 0 radical (unpaired) electrons. The molecular formula is C28H26BrClN2O3. The van der Waals surface area contributed by atoms with E-state index in [1.165, 1.54) is 11.6 Å². The lowest BCUT2D eigenvalue weighted by Gasteiger charge is -2.15. The first kappa shape index (κ1) is 26.3. The van der Waals surface area contributed by atoms with E-state index < -0.39 is 5.91 Å². The highest BCUT2D eigenvalue weighted by atomic mass is 79.9. The van der Waals surface area contributed by atoms with Crippen LogP contribution in [0, 0.1) is 11.3 Å². The number of ether oxygens (including phenoxy) is 2. The molecule has 35 heavy (non-hydrogen) atoms. The molecule has 0 aliphatic rings. The topological polar surface area (TPSA) is 71.3 Å². The Bertz CT molecular complexity index is 1210. The number of carbonyl (C=O) groups is 1. The van der Waals surface area contributed by atoms with Gasteiger partial charge in [0.25, 0.3) is 5.91 Å². The van der Waals surface area contributed by atoms with Crippen molar-refractivity contribution in [2.75, 3.05) is 13.2 Å². The van der Waals surface area contributed by atoms with E-state index >= 15 is 0 Å². The monoisotopic (exact) mass is 552 g/mol. The van der Waals surface area contributed by atoms with Gasteiger partial charge in [0.05, 0.1) is 11.6 Å². The number of nitrogens with one attached hydrogen (secondary N) is 1. The molecule has 0 spiro atoms. The average Bonchev–Trinajstić information content (AvgIpc) is 2.86. The number of nitrogens with zero attached hydrogens (tertiary/aromatic N) is 1. The molecule has 0 saturated carbocycles. The summed E-state index contributed by atoms with van der Waals surface area (Å²) in [5.74, 6) is 0.437. The molecular weight excluding hydrogens is 528 g/mol. The first-order valence-electron chi connectivity index (χ1n) is 11.3. The minimum atomic E-state index is -0.426. The third-order valence-corrected chi connectivity index (χ3v) is 5.88. The van der Waals surface area contributed by atoms with Crippen molar-refractivity contribution in [1.29, 1.82) is 5.26 Å². The van der Waals surface area contributed by atoms with Crippen LogP contribution in [0.3, 0.4) is 0 Å². The maximum atomic E-state index is 12.5. The molecule has 1 amide bonds. The summed E-state index contributed by atoms with van der Waals surface area (Å²) in [5.41, 5.74) is 2.75. The lowest BCUT2D eigenvalue weighted by molar-refractivity contribution is -0.117. The highest BCUT2D eigenvalue weighted by molar-refractivity contribution is 9.10. The van der Waals surface area contributed by atoms with Crippen molar-refractivity contribution in [3.8, 4) is 17.6 Å². The van der Waals surface area contributed by atoms with E-state index in [0.29, 0.717) is 41.8 Å². The molecule has 0 aromatic heterocycles. The second-order valence-corrected chi connectivity index (χ2v) is 9.02. The van der Waals surface area contributed by atoms with Crippen molar-refractivity contribution in [3.05, 3.63) is 98.5 Å². The van der Waals surface area contributed by atoms with E-state index in [1.54, 1.807) is 12.1 Å². The SMILES string of the molecule is CCOc1cc(/C=C(/C#N)C(=O)NCCCc2ccccc2)cc(Cl)c1OCc1ccc(Br)cc1. The number of amides is 1. The normalized spacial score (nSPS) is 11.0. The smallest absolute Gasteiger partial charge is 0.261 e. The van der Waals surface area contributed by atoms with Crippen LogP contribution in [0.4, 0.5) is 0 Å². The lowest BCUT2D eigenvalue weighted by Crippen LogP contribution is -2.25. The minimum absolute atomic E-state index is 0.00763. The maximum absolute atomic E-state index is 12.5. The summed E-state index contributed by atoms with van der Waals surface area (Å²) in [6.45, 7) is 3.06. The summed E-state index contributed by atoms with van der Waals surface area (Å²) in [6.07, 6.45) is 3.13. The number of aryl methyl sites for hydroxylation is 1. The van der Waals surface area contributed by atoms with Crippen molar-refractivity contribution in [3.63, 3.8) is 0 Å². The van der Waals surface area contributed by atoms with Crippen LogP contribution in [0.2, 0.25) is 5.02 Å². The summed E-state index contributed by atoms with van der Waals surface area (Å²) in [6, 6.07) is 23.2. The van der Waals surface area contributed by atoms with Crippen LogP contribution in [0.1, 0.15) is 30.0 Å². The number of halogens is 2. The van der Waals surface area contributed by atoms with Gasteiger partial charge in [-0.1, -0.05) is 70.0 Å². The Labute approximate surface area is 219 Å². The third-order valence-electron chi connectivity index (χ3n) is 5.07. The van der Waals surface area contributed by atoms with Crippen molar-refractivity contribution in [2.24, 2.45) is 0 Å². The van der Waals surface area contributed by atoms with Crippen molar-refractivity contribution in [2.45, 2.75) is 26.4 Å². The second-order valence-electron chi connectivity index (χ2n) is 7.69. The Kier molecular flexibility index (Phi) is 10.2. The van der Waals surface area contributed by atoms with Gasteiger partial charge in [-0.15, -0.1) is 0 Å². The van der Waals surface area contributed by atoms with E-state index in [2.05, 4.69) is 33.4 Å². The van der Waals surface area contributed by atoms with Crippen LogP contribution in [-0.4, -0.2) is 19.1 Å². The molecule has 0 aliphatic heterocycles. The van der Waals surface area contributed by atoms with Gasteiger partial charge in [-0.25, -0.2) is 0 Å². The van der Waals surface area contributed by atoms with E-state index in [0.717, 1.165) is 22.9 Å². The van der Waals surface area contributed by atoms with Gasteiger partial charge in [-0.2, -0.15) is 5.26 Å². The number of benzene rings is 3. The molecule has 180 valence electrons. The fourth-order valence-electron chi connectivity index (χ4n) is 3.36. The van der Waals surface area contributed by atoms with Gasteiger partial charge in [0.15, 0.2) is 11.5 Å². The predicted molar refractivity (Wildman–Crippen MR) is 142 cm³/mol. The summed E-state index contributed by atoms with van der Waals surface area (Å²) in [5, 5.41) is 12.7. The van der Waals surface area contributed by atoms with E-state index in [4.69, 9.17) is 21.1 Å². The summed E-state index contributed by atoms with van der Waals surface area (Å²) in [4.78, 5) is 12.5. The fourth-order valence-corrected chi connectivity index (χ4v) is 3.90. The van der Waals surface area contributed by atoms with Crippen molar-refractivity contribution in [1.82, 2.24) is 5.32 Å². The van der Waals surface area contributed by atoms with Gasteiger partial charge in [-0.3, -0.25) is 4.79 Å². The van der Waals surface area contributed by atoms with Crippen LogP contribution in [0.5, 0.6) is 11.5 Å². The second kappa shape index (κ2) is 13.6. The largest absolute Gasteiger partial charge is 0.490 e. The zero-order valence-electron chi connectivity index (χ0n) is 19.4. The minimum Gasteiger partial charge on any atom is -0.490 e. The van der Waals surface area contributed by atoms with Gasteiger partial charge in [-0.05, 0) is 66.8 Å². The number of hydrogen-bond acceptors (Lipinski definition) is 4. The van der Waals surface area contributed by atoms with Crippen LogP contribution in [-0.2, 0) is 17.8 Å². The van der Waals surface area contributed by atoms with Crippen LogP contribution < -0.4 is 14.8 Å². The molecule has 0 bridgehead atoms. The molecule has 0 heterocycles. The zero-order valence-corrected chi connectivity index (χ0v) is 21.7. The molecule has 3 aromatic rings. The Morgan fingerprint density at radius 1 is 1.09 bits per heavy atom. The summed E-state index contributed by atoms with van der Waals surface area (Å²) >= 11 is 9.92. The zero-order chi connectivity index (χ0) is 25.0. The number of rotatable bonds is 11. The molecule has 1 N–H and O–H groups in total. The summed E-state index contributed by atoms with van der Waals surface area (Å²) in [7, 11) is 0. The Balaban J connectivity index is 1.68. The first-order valence-corrected chi connectivity index (χ1v) is 12.4. The van der Waals surface area contributed by atoms with Crippen molar-refractivity contribution >= 4 is 39.5 Å². The molecule has 7 heteroatoms. The quantitative estimate of drug-likeness (QED) is 0.162. The standard InChI is InChI=1S/C28H26BrClN2O3/c1-2-34-26-17-22(16-25(30)27(26)35-19-21-10-12-24(29)13-11-21)15-23(18-31)28(33)32-14-6-9-20-7-4-3-5-8-20/h3-5,7-8,10-13,15-17H,2,6,9,14,19H2,1H3,(H,32,33)/b23-15-. The Hall–Kier alpha value is -3.27. The van der Waals surface area contributed by atoms with E-state index in [1.807, 2.05) is 55.5 Å². The summed E-state index contributed by atoms with van der Waals surface area (Å²) < 4.78 is 12.7. The van der Waals surface area contributed by atoms with Crippen LogP contribution in [0.15, 0.2) is 76.8 Å². The van der Waals surface area contributed by atoms with Crippen LogP contribution in [0.25, 0.3) is 6.08 Å². The first-order chi connectivity index (χ1) is 17.0. The number of carbonyl (C=O) groups excluding carboxylic acids is 1. The molecule has 5 nitrogen and oxygen atoms in total. The van der Waals surface area contributed by atoms with Gasteiger partial charge < -0.3 is 14.8 Å². The molecule has 3 aromatic carbocycles. The van der Waals surface area contributed by atoms with Gasteiger partial charge >= 0.3 is 0 Å². The highest BCUT2D eigenvalue weighted by Crippen LogP contribution is 2.38. The molecule has 0 saturated heterocycles. The average molecular weight is 554 g/mol. The van der Waals surface area contributed by atoms with Crippen LogP contribution >= 0.6 is 27.5 Å². The Morgan fingerprint density at radius 2 is 1.83 bits per heavy atom. The third kappa shape index (κ3) is 8.17. The lowest BCUT2D eigenvalue weighted by atomic mass is 10.1. The van der Waals surface area contributed by atoms with Crippen molar-refractivity contribution < 1.29 is 14.3 Å². The van der Waals surface area contributed by atoms with Gasteiger partial charge in [0, 0.05) is 11.0 Å². The number of hydrogen-bond donors (Lipinski definition) is 1.